The number of carbonyl (C=O) groups is 1. The van der Waals surface area contributed by atoms with Crippen molar-refractivity contribution in [2.75, 3.05) is 10.6 Å². The Morgan fingerprint density at radius 1 is 1.31 bits per heavy atom. The van der Waals surface area contributed by atoms with E-state index in [0.29, 0.717) is 17.1 Å². The van der Waals surface area contributed by atoms with E-state index in [4.69, 9.17) is 0 Å². The number of rotatable bonds is 8. The van der Waals surface area contributed by atoms with E-state index in [1.165, 1.54) is 4.80 Å². The highest BCUT2D eigenvalue weighted by atomic mass is 19.1. The summed E-state index contributed by atoms with van der Waals surface area (Å²) < 4.78 is 14.9. The molecule has 35 heavy (non-hydrogen) atoms. The monoisotopic (exact) mass is 479 g/mol. The molecular formula is C23H26FN9O2. The van der Waals surface area contributed by atoms with Crippen LogP contribution >= 0.6 is 0 Å². The topological polar surface area (TPSA) is 154 Å². The predicted molar refractivity (Wildman–Crippen MR) is 126 cm³/mol. The predicted octanol–water partition coefficient (Wildman–Crippen LogP) is 3.60. The second-order valence-corrected chi connectivity index (χ2v) is 9.31. The van der Waals surface area contributed by atoms with Crippen molar-refractivity contribution in [1.82, 2.24) is 30.3 Å². The molecule has 0 saturated heterocycles. The number of anilines is 3. The van der Waals surface area contributed by atoms with Crippen LogP contribution in [0.1, 0.15) is 38.4 Å². The van der Waals surface area contributed by atoms with Crippen LogP contribution in [-0.2, 0) is 0 Å². The molecule has 0 unspecified atom stereocenters. The Bertz CT molecular complexity index is 1290. The fourth-order valence-electron chi connectivity index (χ4n) is 4.18. The Kier molecular flexibility index (Phi) is 6.26. The molecule has 0 aromatic carbocycles. The van der Waals surface area contributed by atoms with Crippen LogP contribution in [0.3, 0.4) is 0 Å². The third-order valence-electron chi connectivity index (χ3n) is 6.27. The van der Waals surface area contributed by atoms with E-state index in [0.717, 1.165) is 12.5 Å². The molecule has 1 fully saturated rings. The van der Waals surface area contributed by atoms with Crippen LogP contribution in [-0.4, -0.2) is 48.2 Å². The highest BCUT2D eigenvalue weighted by Crippen LogP contribution is 2.54. The minimum absolute atomic E-state index is 0.00685. The SMILES string of the molecule is Cc1ncc(Nc2nc(N[C@H]([C@H](C)NC(=O)O)[C@H]3CC3(C)C)c(F)cc2C#N)cc1-n1nccn1. The number of amides is 1. The number of carboxylic acid groups (broad SMARTS) is 1. The molecule has 0 radical (unpaired) electrons. The highest BCUT2D eigenvalue weighted by molar-refractivity contribution is 5.67. The summed E-state index contributed by atoms with van der Waals surface area (Å²) in [6.45, 7) is 7.69. The summed E-state index contributed by atoms with van der Waals surface area (Å²) in [4.78, 5) is 21.3. The molecule has 4 N–H and O–H groups in total. The number of hydrogen-bond acceptors (Lipinski definition) is 8. The summed E-state index contributed by atoms with van der Waals surface area (Å²) in [5, 5.41) is 35.6. The minimum Gasteiger partial charge on any atom is -0.465 e. The number of aryl methyl sites for hydroxylation is 1. The van der Waals surface area contributed by atoms with Gasteiger partial charge in [-0.2, -0.15) is 15.5 Å². The molecule has 4 rings (SSSR count). The van der Waals surface area contributed by atoms with E-state index in [9.17, 15) is 19.6 Å². The average Bonchev–Trinajstić information content (AvgIpc) is 3.17. The molecule has 1 amide bonds. The zero-order valence-corrected chi connectivity index (χ0v) is 19.7. The van der Waals surface area contributed by atoms with E-state index in [-0.39, 0.29) is 28.5 Å². The van der Waals surface area contributed by atoms with Gasteiger partial charge in [-0.15, -0.1) is 4.80 Å². The van der Waals surface area contributed by atoms with Crippen molar-refractivity contribution in [1.29, 1.82) is 5.26 Å². The molecule has 3 heterocycles. The fourth-order valence-corrected chi connectivity index (χ4v) is 4.18. The molecule has 1 saturated carbocycles. The maximum Gasteiger partial charge on any atom is 0.404 e. The smallest absolute Gasteiger partial charge is 0.404 e. The molecule has 182 valence electrons. The van der Waals surface area contributed by atoms with E-state index >= 15 is 0 Å². The molecule has 3 aromatic rings. The lowest BCUT2D eigenvalue weighted by atomic mass is 9.98. The first kappa shape index (κ1) is 23.9. The van der Waals surface area contributed by atoms with Gasteiger partial charge in [0.1, 0.15) is 11.8 Å². The van der Waals surface area contributed by atoms with Crippen LogP contribution < -0.4 is 16.0 Å². The second kappa shape index (κ2) is 9.17. The summed E-state index contributed by atoms with van der Waals surface area (Å²) in [6, 6.07) is 3.90. The van der Waals surface area contributed by atoms with Crippen molar-refractivity contribution in [3.8, 4) is 11.8 Å². The van der Waals surface area contributed by atoms with E-state index < -0.39 is 24.0 Å². The molecule has 0 spiro atoms. The van der Waals surface area contributed by atoms with Crippen LogP contribution in [0.2, 0.25) is 0 Å². The van der Waals surface area contributed by atoms with Crippen molar-refractivity contribution >= 4 is 23.4 Å². The number of aromatic nitrogens is 5. The first-order valence-corrected chi connectivity index (χ1v) is 11.1. The normalized spacial score (nSPS) is 17.7. The number of nitriles is 1. The van der Waals surface area contributed by atoms with Crippen LogP contribution in [0.25, 0.3) is 5.69 Å². The first-order valence-electron chi connectivity index (χ1n) is 11.1. The Labute approximate surface area is 201 Å². The second-order valence-electron chi connectivity index (χ2n) is 9.31. The number of hydrogen-bond donors (Lipinski definition) is 4. The zero-order chi connectivity index (χ0) is 25.3. The maximum absolute atomic E-state index is 14.9. The third kappa shape index (κ3) is 5.13. The Morgan fingerprint density at radius 3 is 2.60 bits per heavy atom. The Hall–Kier alpha value is -4.27. The molecule has 1 aliphatic carbocycles. The lowest BCUT2D eigenvalue weighted by Crippen LogP contribution is -2.46. The van der Waals surface area contributed by atoms with Crippen molar-refractivity contribution in [2.45, 2.75) is 46.2 Å². The van der Waals surface area contributed by atoms with Crippen LogP contribution in [0.5, 0.6) is 0 Å². The molecule has 0 aliphatic heterocycles. The first-order chi connectivity index (χ1) is 16.6. The van der Waals surface area contributed by atoms with Crippen LogP contribution in [0.15, 0.2) is 30.7 Å². The van der Waals surface area contributed by atoms with Crippen molar-refractivity contribution < 1.29 is 14.3 Å². The van der Waals surface area contributed by atoms with Gasteiger partial charge in [0, 0.05) is 6.04 Å². The fraction of sp³-hybridized carbons (Fsp3) is 0.391. The summed E-state index contributed by atoms with van der Waals surface area (Å²) in [5.41, 5.74) is 1.82. The average molecular weight is 480 g/mol. The minimum atomic E-state index is -1.16. The van der Waals surface area contributed by atoms with Gasteiger partial charge in [0.15, 0.2) is 17.5 Å². The summed E-state index contributed by atoms with van der Waals surface area (Å²) in [6.07, 6.45) is 4.36. The van der Waals surface area contributed by atoms with E-state index in [2.05, 4.69) is 50.0 Å². The Balaban J connectivity index is 1.65. The molecule has 12 heteroatoms. The Morgan fingerprint density at radius 2 is 2.00 bits per heavy atom. The molecule has 3 aromatic heterocycles. The van der Waals surface area contributed by atoms with Gasteiger partial charge < -0.3 is 21.1 Å². The van der Waals surface area contributed by atoms with Gasteiger partial charge in [-0.05, 0) is 43.7 Å². The van der Waals surface area contributed by atoms with Crippen LogP contribution in [0.4, 0.5) is 26.5 Å². The maximum atomic E-state index is 14.9. The lowest BCUT2D eigenvalue weighted by molar-refractivity contribution is 0.188. The largest absolute Gasteiger partial charge is 0.465 e. The van der Waals surface area contributed by atoms with Crippen molar-refractivity contribution in [2.24, 2.45) is 11.3 Å². The third-order valence-corrected chi connectivity index (χ3v) is 6.27. The molecule has 3 atom stereocenters. The summed E-state index contributed by atoms with van der Waals surface area (Å²) in [7, 11) is 0. The molecule has 1 aliphatic rings. The molecule has 11 nitrogen and oxygen atoms in total. The molecule has 0 bridgehead atoms. The number of pyridine rings is 2. The molecular weight excluding hydrogens is 453 g/mol. The number of halogens is 1. The van der Waals surface area contributed by atoms with Gasteiger partial charge in [-0.25, -0.2) is 14.2 Å². The van der Waals surface area contributed by atoms with Crippen molar-refractivity contribution in [3.63, 3.8) is 0 Å². The van der Waals surface area contributed by atoms with Crippen molar-refractivity contribution in [3.05, 3.63) is 47.8 Å². The van der Waals surface area contributed by atoms with Gasteiger partial charge in [-0.3, -0.25) is 4.98 Å². The van der Waals surface area contributed by atoms with Gasteiger partial charge in [0.05, 0.1) is 41.6 Å². The number of nitrogens with zero attached hydrogens (tertiary/aromatic N) is 6. The van der Waals surface area contributed by atoms with E-state index in [1.54, 1.807) is 31.6 Å². The summed E-state index contributed by atoms with van der Waals surface area (Å²) >= 11 is 0. The summed E-state index contributed by atoms with van der Waals surface area (Å²) in [5.74, 6) is -0.536. The van der Waals surface area contributed by atoms with Gasteiger partial charge in [-0.1, -0.05) is 13.8 Å². The van der Waals surface area contributed by atoms with E-state index in [1.807, 2.05) is 13.0 Å². The highest BCUT2D eigenvalue weighted by Gasteiger charge is 2.52. The quantitative estimate of drug-likeness (QED) is 0.379. The zero-order valence-electron chi connectivity index (χ0n) is 19.7. The van der Waals surface area contributed by atoms with Gasteiger partial charge in [0.2, 0.25) is 0 Å². The van der Waals surface area contributed by atoms with Gasteiger partial charge >= 0.3 is 6.09 Å². The van der Waals surface area contributed by atoms with Gasteiger partial charge in [0.25, 0.3) is 0 Å². The lowest BCUT2D eigenvalue weighted by Gasteiger charge is -2.27. The standard InChI is InChI=1S/C23H26FN9O2/c1-12-18(33-27-5-6-28-33)8-15(11-26-12)30-20-14(10-25)7-17(24)21(32-20)31-19(13(2)29-22(34)35)16-9-23(16,3)4/h5-8,11,13,16,19,29H,9H2,1-4H3,(H,34,35)(H2,30,31,32)/t13-,16+,19+/m0/s1. The number of nitrogens with one attached hydrogen (secondary N) is 3. The van der Waals surface area contributed by atoms with Crippen LogP contribution in [0, 0.1) is 35.4 Å².